The SMILES string of the molecule is CC(C)(C)[C@H](NC(=O)c1cc(Cl)nnc1Cl)C(=O)O. The molecular weight excluding hydrogens is 293 g/mol. The highest BCUT2D eigenvalue weighted by molar-refractivity contribution is 6.34. The third-order valence-corrected chi connectivity index (χ3v) is 2.82. The molecule has 1 aromatic heterocycles. The molecule has 0 radical (unpaired) electrons. The van der Waals surface area contributed by atoms with E-state index in [1.165, 1.54) is 6.07 Å². The molecule has 19 heavy (non-hydrogen) atoms. The molecule has 0 fully saturated rings. The van der Waals surface area contributed by atoms with E-state index in [-0.39, 0.29) is 15.9 Å². The van der Waals surface area contributed by atoms with Gasteiger partial charge in [0, 0.05) is 0 Å². The standard InChI is InChI=1S/C11H13Cl2N3O3/c1-11(2,3)7(10(18)19)14-9(17)5-4-6(12)15-16-8(5)13/h4,7H,1-3H3,(H,14,17)(H,18,19)/t7-/m1/s1. The number of carbonyl (C=O) groups excluding carboxylic acids is 1. The first-order valence-corrected chi connectivity index (χ1v) is 6.11. The highest BCUT2D eigenvalue weighted by Crippen LogP contribution is 2.21. The van der Waals surface area contributed by atoms with Crippen LogP contribution in [0.15, 0.2) is 6.07 Å². The van der Waals surface area contributed by atoms with Gasteiger partial charge in [-0.15, -0.1) is 10.2 Å². The van der Waals surface area contributed by atoms with Crippen molar-refractivity contribution in [3.8, 4) is 0 Å². The van der Waals surface area contributed by atoms with Crippen molar-refractivity contribution >= 4 is 35.1 Å². The number of nitrogens with zero attached hydrogens (tertiary/aromatic N) is 2. The lowest BCUT2D eigenvalue weighted by atomic mass is 9.86. The Kier molecular flexibility index (Phi) is 4.70. The fourth-order valence-corrected chi connectivity index (χ4v) is 1.69. The lowest BCUT2D eigenvalue weighted by Gasteiger charge is -2.27. The summed E-state index contributed by atoms with van der Waals surface area (Å²) in [6.45, 7) is 5.10. The summed E-state index contributed by atoms with van der Waals surface area (Å²) in [7, 11) is 0. The molecule has 0 unspecified atom stereocenters. The Morgan fingerprint density at radius 2 is 1.89 bits per heavy atom. The molecule has 0 saturated heterocycles. The molecule has 1 rings (SSSR count). The van der Waals surface area contributed by atoms with Crippen LogP contribution in [0.1, 0.15) is 31.1 Å². The molecule has 0 aliphatic rings. The summed E-state index contributed by atoms with van der Waals surface area (Å²) in [5.74, 6) is -1.80. The smallest absolute Gasteiger partial charge is 0.326 e. The number of halogens is 2. The van der Waals surface area contributed by atoms with Crippen LogP contribution >= 0.6 is 23.2 Å². The maximum atomic E-state index is 12.0. The van der Waals surface area contributed by atoms with Gasteiger partial charge in [0.2, 0.25) is 0 Å². The number of hydrogen-bond donors (Lipinski definition) is 2. The van der Waals surface area contributed by atoms with Gasteiger partial charge in [-0.1, -0.05) is 44.0 Å². The van der Waals surface area contributed by atoms with Crippen molar-refractivity contribution in [2.45, 2.75) is 26.8 Å². The zero-order valence-electron chi connectivity index (χ0n) is 10.6. The van der Waals surface area contributed by atoms with E-state index in [1.54, 1.807) is 20.8 Å². The number of carboxylic acids is 1. The van der Waals surface area contributed by atoms with Gasteiger partial charge in [0.05, 0.1) is 5.56 Å². The Balaban J connectivity index is 3.01. The average Bonchev–Trinajstić information content (AvgIpc) is 2.26. The maximum Gasteiger partial charge on any atom is 0.326 e. The van der Waals surface area contributed by atoms with Gasteiger partial charge in [0.1, 0.15) is 6.04 Å². The van der Waals surface area contributed by atoms with Gasteiger partial charge >= 0.3 is 5.97 Å². The second kappa shape index (κ2) is 5.71. The molecule has 104 valence electrons. The van der Waals surface area contributed by atoms with Crippen LogP contribution in [-0.4, -0.2) is 33.2 Å². The predicted octanol–water partition coefficient (Wildman–Crippen LogP) is 2.01. The molecule has 0 aliphatic heterocycles. The Hall–Kier alpha value is -1.40. The summed E-state index contributed by atoms with van der Waals surface area (Å²) in [5, 5.41) is 18.3. The lowest BCUT2D eigenvalue weighted by Crippen LogP contribution is -2.49. The maximum absolute atomic E-state index is 12.0. The molecule has 0 aliphatic carbocycles. The number of aromatic nitrogens is 2. The summed E-state index contributed by atoms with van der Waals surface area (Å²) >= 11 is 11.3. The van der Waals surface area contributed by atoms with Crippen molar-refractivity contribution in [2.24, 2.45) is 5.41 Å². The van der Waals surface area contributed by atoms with Crippen LogP contribution in [0.5, 0.6) is 0 Å². The summed E-state index contributed by atoms with van der Waals surface area (Å²) < 4.78 is 0. The fourth-order valence-electron chi connectivity index (χ4n) is 1.37. The second-order valence-corrected chi connectivity index (χ2v) is 5.73. The zero-order valence-corrected chi connectivity index (χ0v) is 12.1. The second-order valence-electron chi connectivity index (χ2n) is 4.98. The van der Waals surface area contributed by atoms with E-state index in [0.717, 1.165) is 0 Å². The number of hydrogen-bond acceptors (Lipinski definition) is 4. The molecule has 0 spiro atoms. The molecular formula is C11H13Cl2N3O3. The third kappa shape index (κ3) is 4.04. The third-order valence-electron chi connectivity index (χ3n) is 2.35. The number of carbonyl (C=O) groups is 2. The first kappa shape index (κ1) is 15.7. The van der Waals surface area contributed by atoms with E-state index in [1.807, 2.05) is 0 Å². The fraction of sp³-hybridized carbons (Fsp3) is 0.455. The van der Waals surface area contributed by atoms with Gasteiger partial charge in [-0.25, -0.2) is 4.79 Å². The predicted molar refractivity (Wildman–Crippen MR) is 70.4 cm³/mol. The molecule has 0 bridgehead atoms. The van der Waals surface area contributed by atoms with E-state index in [4.69, 9.17) is 28.3 Å². The number of aliphatic carboxylic acids is 1. The molecule has 0 saturated carbocycles. The highest BCUT2D eigenvalue weighted by atomic mass is 35.5. The minimum absolute atomic E-state index is 0.00261. The van der Waals surface area contributed by atoms with Crippen molar-refractivity contribution in [1.29, 1.82) is 0 Å². The van der Waals surface area contributed by atoms with Crippen LogP contribution in [0.25, 0.3) is 0 Å². The van der Waals surface area contributed by atoms with Gasteiger partial charge in [0.15, 0.2) is 10.3 Å². The highest BCUT2D eigenvalue weighted by Gasteiger charge is 2.33. The molecule has 1 amide bonds. The van der Waals surface area contributed by atoms with Crippen LogP contribution in [0.3, 0.4) is 0 Å². The van der Waals surface area contributed by atoms with Crippen LogP contribution in [0, 0.1) is 5.41 Å². The topological polar surface area (TPSA) is 92.2 Å². The van der Waals surface area contributed by atoms with Gasteiger partial charge < -0.3 is 10.4 Å². The monoisotopic (exact) mass is 305 g/mol. The van der Waals surface area contributed by atoms with E-state index in [9.17, 15) is 9.59 Å². The summed E-state index contributed by atoms with van der Waals surface area (Å²) in [6.07, 6.45) is 0. The van der Waals surface area contributed by atoms with Crippen LogP contribution in [0.2, 0.25) is 10.3 Å². The van der Waals surface area contributed by atoms with Crippen molar-refractivity contribution in [1.82, 2.24) is 15.5 Å². The van der Waals surface area contributed by atoms with E-state index < -0.39 is 23.3 Å². The Labute approximate surface area is 120 Å². The van der Waals surface area contributed by atoms with Crippen molar-refractivity contribution in [3.63, 3.8) is 0 Å². The number of amides is 1. The minimum atomic E-state index is -1.13. The summed E-state index contributed by atoms with van der Waals surface area (Å²) in [6, 6.07) is 0.163. The minimum Gasteiger partial charge on any atom is -0.480 e. The lowest BCUT2D eigenvalue weighted by molar-refractivity contribution is -0.142. The molecule has 1 aromatic rings. The summed E-state index contributed by atoms with van der Waals surface area (Å²) in [5.41, 5.74) is -0.671. The van der Waals surface area contributed by atoms with E-state index >= 15 is 0 Å². The average molecular weight is 306 g/mol. The van der Waals surface area contributed by atoms with Crippen molar-refractivity contribution in [3.05, 3.63) is 21.9 Å². The quantitative estimate of drug-likeness (QED) is 0.891. The van der Waals surface area contributed by atoms with E-state index in [0.29, 0.717) is 0 Å². The molecule has 0 aromatic carbocycles. The van der Waals surface area contributed by atoms with Gasteiger partial charge in [-0.2, -0.15) is 0 Å². The van der Waals surface area contributed by atoms with Gasteiger partial charge in [0.25, 0.3) is 5.91 Å². The van der Waals surface area contributed by atoms with Crippen molar-refractivity contribution < 1.29 is 14.7 Å². The Morgan fingerprint density at radius 3 is 2.37 bits per heavy atom. The van der Waals surface area contributed by atoms with Gasteiger partial charge in [-0.3, -0.25) is 4.79 Å². The molecule has 2 N–H and O–H groups in total. The molecule has 1 atom stereocenters. The summed E-state index contributed by atoms with van der Waals surface area (Å²) in [4.78, 5) is 23.2. The number of nitrogens with one attached hydrogen (secondary N) is 1. The van der Waals surface area contributed by atoms with Crippen LogP contribution in [-0.2, 0) is 4.79 Å². The van der Waals surface area contributed by atoms with Gasteiger partial charge in [-0.05, 0) is 11.5 Å². The Morgan fingerprint density at radius 1 is 1.32 bits per heavy atom. The van der Waals surface area contributed by atoms with E-state index in [2.05, 4.69) is 15.5 Å². The van der Waals surface area contributed by atoms with Crippen LogP contribution in [0.4, 0.5) is 0 Å². The number of carboxylic acid groups (broad SMARTS) is 1. The molecule has 1 heterocycles. The molecule has 6 nitrogen and oxygen atoms in total. The normalized spacial score (nSPS) is 12.9. The largest absolute Gasteiger partial charge is 0.480 e. The Bertz CT molecular complexity index is 514. The first-order valence-electron chi connectivity index (χ1n) is 5.35. The van der Waals surface area contributed by atoms with Crippen LogP contribution < -0.4 is 5.32 Å². The number of rotatable bonds is 3. The van der Waals surface area contributed by atoms with Crippen molar-refractivity contribution in [2.75, 3.05) is 0 Å². The first-order chi connectivity index (χ1) is 8.62. The zero-order chi connectivity index (χ0) is 14.8. The molecule has 8 heteroatoms.